The lowest BCUT2D eigenvalue weighted by Crippen LogP contribution is -2.73. The van der Waals surface area contributed by atoms with Crippen LogP contribution in [0.1, 0.15) is 0 Å². The molecule has 0 N–H and O–H groups in total. The Balaban J connectivity index is 1.27. The molecule has 0 atom stereocenters. The summed E-state index contributed by atoms with van der Waals surface area (Å²) in [6, 6.07) is 63.8. The van der Waals surface area contributed by atoms with Gasteiger partial charge in [-0.25, -0.2) is 9.97 Å². The van der Waals surface area contributed by atoms with Gasteiger partial charge in [-0.15, -0.1) is 11.3 Å². The maximum Gasteiger partial charge on any atom is 0.183 e. The van der Waals surface area contributed by atoms with E-state index < -0.39 is 8.07 Å². The summed E-state index contributed by atoms with van der Waals surface area (Å²) >= 11 is 1.76. The van der Waals surface area contributed by atoms with E-state index in [9.17, 15) is 0 Å². The number of benzene rings is 7. The van der Waals surface area contributed by atoms with Gasteiger partial charge < -0.3 is 0 Å². The number of aromatic nitrogens is 4. The number of hydrogen-bond donors (Lipinski definition) is 0. The molecule has 0 saturated heterocycles. The Labute approximate surface area is 321 Å². The van der Waals surface area contributed by atoms with Gasteiger partial charge in [0.1, 0.15) is 0 Å². The first kappa shape index (κ1) is 30.7. The zero-order chi connectivity index (χ0) is 36.1. The molecule has 1 aliphatic rings. The molecule has 12 rings (SSSR count). The van der Waals surface area contributed by atoms with Gasteiger partial charge in [0.2, 0.25) is 0 Å². The van der Waals surface area contributed by atoms with Gasteiger partial charge >= 0.3 is 0 Å². The highest BCUT2D eigenvalue weighted by Gasteiger charge is 2.50. The maximum atomic E-state index is 5.52. The predicted octanol–water partition coefficient (Wildman–Crippen LogP) is 9.51. The van der Waals surface area contributed by atoms with Crippen LogP contribution in [0.5, 0.6) is 0 Å². The molecule has 4 nitrogen and oxygen atoms in total. The average Bonchev–Trinajstić information content (AvgIpc) is 3.91. The Morgan fingerprint density at radius 2 is 1.15 bits per heavy atom. The molecule has 0 spiro atoms. The number of rotatable bonds is 4. The summed E-state index contributed by atoms with van der Waals surface area (Å²) in [4.78, 5) is 16.3. The lowest BCUT2D eigenvalue weighted by molar-refractivity contribution is 1.08. The molecular weight excluding hydrogens is 705 g/mol. The molecule has 0 amide bonds. The van der Waals surface area contributed by atoms with Crippen molar-refractivity contribution in [2.45, 2.75) is 0 Å². The Morgan fingerprint density at radius 1 is 0.491 bits per heavy atom. The van der Waals surface area contributed by atoms with Crippen molar-refractivity contribution in [1.82, 2.24) is 19.5 Å². The van der Waals surface area contributed by atoms with E-state index in [1.807, 2.05) is 6.07 Å². The van der Waals surface area contributed by atoms with E-state index in [4.69, 9.17) is 15.0 Å². The zero-order valence-corrected chi connectivity index (χ0v) is 31.3. The van der Waals surface area contributed by atoms with E-state index in [-0.39, 0.29) is 0 Å². The van der Waals surface area contributed by atoms with Crippen molar-refractivity contribution in [3.8, 4) is 28.3 Å². The highest BCUT2D eigenvalue weighted by Crippen LogP contribution is 2.42. The van der Waals surface area contributed by atoms with Gasteiger partial charge in [-0.05, 0) is 44.0 Å². The van der Waals surface area contributed by atoms with Crippen molar-refractivity contribution in [2.24, 2.45) is 0 Å². The van der Waals surface area contributed by atoms with Crippen LogP contribution in [0, 0.1) is 0 Å². The number of fused-ring (bicyclic) bond motifs is 12. The molecular formula is C49H30N4SSi. The summed E-state index contributed by atoms with van der Waals surface area (Å²) in [5, 5.41) is 10.0. The van der Waals surface area contributed by atoms with Gasteiger partial charge in [-0.2, -0.15) is 0 Å². The summed E-state index contributed by atoms with van der Waals surface area (Å²) in [6.45, 7) is 0. The van der Waals surface area contributed by atoms with Gasteiger partial charge in [-0.1, -0.05) is 164 Å². The zero-order valence-electron chi connectivity index (χ0n) is 29.5. The topological polar surface area (TPSA) is 43.6 Å². The predicted molar refractivity (Wildman–Crippen MR) is 233 cm³/mol. The van der Waals surface area contributed by atoms with Gasteiger partial charge in [0.15, 0.2) is 19.7 Å². The summed E-state index contributed by atoms with van der Waals surface area (Å²) in [7, 11) is -2.83. The standard InChI is InChI=1S/C49H30N4SSi/c1-4-16-31(17-5-1)48-51-43-37-24-11-14-26-41(37)54-46(43)49(52-48)53-40-25-13-10-22-34(40)39-30-50-44-38(45(39)53)29-28-36-35-23-12-15-27-42(35)55(47(36)44,32-18-6-2-7-19-32)33-20-8-3-9-21-33/h1-30H. The highest BCUT2D eigenvalue weighted by molar-refractivity contribution is 7.26. The van der Waals surface area contributed by atoms with Crippen molar-refractivity contribution in [3.05, 3.63) is 182 Å². The number of hydrogen-bond acceptors (Lipinski definition) is 4. The molecule has 256 valence electrons. The van der Waals surface area contributed by atoms with Crippen LogP contribution < -0.4 is 20.7 Å². The fourth-order valence-corrected chi connectivity index (χ4v) is 15.8. The van der Waals surface area contributed by atoms with E-state index in [1.54, 1.807) is 11.3 Å². The summed E-state index contributed by atoms with van der Waals surface area (Å²) in [5.41, 5.74) is 7.81. The minimum absolute atomic E-state index is 0.715. The molecule has 0 saturated carbocycles. The second-order valence-electron chi connectivity index (χ2n) is 14.3. The van der Waals surface area contributed by atoms with Crippen molar-refractivity contribution in [1.29, 1.82) is 0 Å². The van der Waals surface area contributed by atoms with Crippen LogP contribution >= 0.6 is 11.3 Å². The van der Waals surface area contributed by atoms with Crippen LogP contribution in [0.3, 0.4) is 0 Å². The van der Waals surface area contributed by atoms with Crippen molar-refractivity contribution < 1.29 is 0 Å². The lowest BCUT2D eigenvalue weighted by atomic mass is 10.0. The lowest BCUT2D eigenvalue weighted by Gasteiger charge is -2.31. The van der Waals surface area contributed by atoms with E-state index in [2.05, 4.69) is 181 Å². The van der Waals surface area contributed by atoms with E-state index in [0.717, 1.165) is 59.7 Å². The van der Waals surface area contributed by atoms with Crippen LogP contribution in [-0.2, 0) is 0 Å². The normalized spacial score (nSPS) is 13.2. The third-order valence-electron chi connectivity index (χ3n) is 11.5. The van der Waals surface area contributed by atoms with Crippen LogP contribution in [0.4, 0.5) is 0 Å². The summed E-state index contributed by atoms with van der Waals surface area (Å²) in [5.74, 6) is 1.61. The molecule has 4 aromatic heterocycles. The molecule has 7 aromatic carbocycles. The molecule has 55 heavy (non-hydrogen) atoms. The minimum atomic E-state index is -2.83. The minimum Gasteiger partial charge on any atom is -0.292 e. The molecule has 0 bridgehead atoms. The maximum absolute atomic E-state index is 5.52. The first-order valence-electron chi connectivity index (χ1n) is 18.6. The van der Waals surface area contributed by atoms with Crippen LogP contribution in [0.15, 0.2) is 182 Å². The summed E-state index contributed by atoms with van der Waals surface area (Å²) in [6.07, 6.45) is 2.12. The Kier molecular flexibility index (Phi) is 6.49. The monoisotopic (exact) mass is 734 g/mol. The molecule has 5 heterocycles. The number of nitrogens with zero attached hydrogens (tertiary/aromatic N) is 4. The first-order valence-corrected chi connectivity index (χ1v) is 21.4. The molecule has 0 radical (unpaired) electrons. The Bertz CT molecular complexity index is 3280. The van der Waals surface area contributed by atoms with Gasteiger partial charge in [0.25, 0.3) is 0 Å². The fraction of sp³-hybridized carbons (Fsp3) is 0. The van der Waals surface area contributed by atoms with Gasteiger partial charge in [-0.3, -0.25) is 9.55 Å². The molecule has 6 heteroatoms. The molecule has 0 unspecified atom stereocenters. The van der Waals surface area contributed by atoms with E-state index in [0.29, 0.717) is 5.82 Å². The molecule has 0 fully saturated rings. The Morgan fingerprint density at radius 3 is 1.93 bits per heavy atom. The molecule has 11 aromatic rings. The largest absolute Gasteiger partial charge is 0.292 e. The van der Waals surface area contributed by atoms with Crippen LogP contribution in [0.25, 0.3) is 81.3 Å². The third-order valence-corrected chi connectivity index (χ3v) is 17.6. The number of thiophene rings is 1. The van der Waals surface area contributed by atoms with Crippen molar-refractivity contribution in [3.63, 3.8) is 0 Å². The van der Waals surface area contributed by atoms with Crippen LogP contribution in [-0.4, -0.2) is 27.6 Å². The molecule has 0 aliphatic carbocycles. The SMILES string of the molecule is c1ccc(-c2nc(-n3c4ccccc4c4cnc5c6c(ccc5c43)-c3ccccc3[Si]6(c3ccccc3)c3ccccc3)c3sc4ccccc4c3n2)cc1. The highest BCUT2D eigenvalue weighted by atomic mass is 32.1. The smallest absolute Gasteiger partial charge is 0.183 e. The van der Waals surface area contributed by atoms with Gasteiger partial charge in [0, 0.05) is 38.0 Å². The van der Waals surface area contributed by atoms with Crippen LogP contribution in [0.2, 0.25) is 0 Å². The van der Waals surface area contributed by atoms with Gasteiger partial charge in [0.05, 0.1) is 26.8 Å². The number of para-hydroxylation sites is 1. The fourth-order valence-electron chi connectivity index (χ4n) is 9.30. The van der Waals surface area contributed by atoms with E-state index in [1.165, 1.54) is 36.6 Å². The first-order chi connectivity index (χ1) is 27.3. The third kappa shape index (κ3) is 4.18. The Hall–Kier alpha value is -6.73. The quantitative estimate of drug-likeness (QED) is 0.169. The number of pyridine rings is 1. The summed E-state index contributed by atoms with van der Waals surface area (Å²) < 4.78 is 4.67. The van der Waals surface area contributed by atoms with Crippen molar-refractivity contribution in [2.75, 3.05) is 0 Å². The second-order valence-corrected chi connectivity index (χ2v) is 19.0. The van der Waals surface area contributed by atoms with Crippen molar-refractivity contribution >= 4 is 93.2 Å². The van der Waals surface area contributed by atoms with E-state index >= 15 is 0 Å². The average molecular weight is 735 g/mol. The molecule has 1 aliphatic heterocycles. The second kappa shape index (κ2) is 11.6.